The first kappa shape index (κ1) is 21.2. The summed E-state index contributed by atoms with van der Waals surface area (Å²) in [5, 5.41) is 6.12. The number of carbonyl (C=O) groups excluding carboxylic acids is 2. The quantitative estimate of drug-likeness (QED) is 0.243. The highest BCUT2D eigenvalue weighted by molar-refractivity contribution is 7.22. The fourth-order valence-electron chi connectivity index (χ4n) is 2.95. The van der Waals surface area contributed by atoms with Crippen molar-refractivity contribution in [1.29, 1.82) is 0 Å². The number of rotatable bonds is 6. The Hall–Kier alpha value is -4.04. The molecule has 0 saturated carbocycles. The van der Waals surface area contributed by atoms with Gasteiger partial charge in [-0.2, -0.15) is 10.1 Å². The maximum Gasteiger partial charge on any atom is 0.337 e. The van der Waals surface area contributed by atoms with Gasteiger partial charge in [0.05, 0.1) is 36.2 Å². The lowest BCUT2D eigenvalue weighted by atomic mass is 10.1. The number of methoxy groups -OCH3 is 2. The van der Waals surface area contributed by atoms with E-state index in [4.69, 9.17) is 9.47 Å². The number of nitrogens with zero attached hydrogens (tertiary/aromatic N) is 3. The summed E-state index contributed by atoms with van der Waals surface area (Å²) in [6, 6.07) is 21.2. The predicted octanol–water partition coefficient (Wildman–Crippen LogP) is 4.77. The van der Waals surface area contributed by atoms with Crippen molar-refractivity contribution in [3.63, 3.8) is 0 Å². The molecule has 0 unspecified atom stereocenters. The Morgan fingerprint density at radius 1 is 0.969 bits per heavy atom. The van der Waals surface area contributed by atoms with E-state index in [1.54, 1.807) is 37.6 Å². The number of amides is 1. The molecule has 1 aromatic heterocycles. The number of esters is 1. The standard InChI is InChI=1S/C24H19N3O4S/c1-30-19-12-13-20-21(14-19)32-24(26-20)27(25-15-16-6-4-3-5-7-16)22(28)17-8-10-18(11-9-17)23(29)31-2/h3-15H,1-2H3/b25-15+. The topological polar surface area (TPSA) is 81.1 Å². The molecule has 4 aromatic rings. The van der Waals surface area contributed by atoms with Crippen molar-refractivity contribution in [3.8, 4) is 5.75 Å². The van der Waals surface area contributed by atoms with E-state index in [0.29, 0.717) is 22.0 Å². The number of aromatic nitrogens is 1. The van der Waals surface area contributed by atoms with Crippen molar-refractivity contribution in [3.05, 3.63) is 89.5 Å². The van der Waals surface area contributed by atoms with Gasteiger partial charge in [0.2, 0.25) is 5.13 Å². The third kappa shape index (κ3) is 4.50. The number of fused-ring (bicyclic) bond motifs is 1. The van der Waals surface area contributed by atoms with Gasteiger partial charge in [-0.3, -0.25) is 4.79 Å². The Kier molecular flexibility index (Phi) is 6.23. The predicted molar refractivity (Wildman–Crippen MR) is 125 cm³/mol. The third-order valence-corrected chi connectivity index (χ3v) is 5.63. The van der Waals surface area contributed by atoms with Gasteiger partial charge < -0.3 is 9.47 Å². The van der Waals surface area contributed by atoms with Gasteiger partial charge in [-0.1, -0.05) is 41.7 Å². The largest absolute Gasteiger partial charge is 0.497 e. The smallest absolute Gasteiger partial charge is 0.337 e. The molecular weight excluding hydrogens is 426 g/mol. The van der Waals surface area contributed by atoms with Crippen LogP contribution in [-0.2, 0) is 4.74 Å². The van der Waals surface area contributed by atoms with Crippen LogP contribution in [0.4, 0.5) is 5.13 Å². The first-order valence-electron chi connectivity index (χ1n) is 9.65. The van der Waals surface area contributed by atoms with E-state index in [-0.39, 0.29) is 5.91 Å². The Labute approximate surface area is 188 Å². The molecule has 0 N–H and O–H groups in total. The van der Waals surface area contributed by atoms with Gasteiger partial charge in [-0.25, -0.2) is 9.78 Å². The van der Waals surface area contributed by atoms with Crippen molar-refractivity contribution in [2.45, 2.75) is 0 Å². The monoisotopic (exact) mass is 445 g/mol. The second kappa shape index (κ2) is 9.40. The minimum Gasteiger partial charge on any atom is -0.497 e. The molecule has 3 aromatic carbocycles. The first-order valence-corrected chi connectivity index (χ1v) is 10.5. The number of thiazole rings is 1. The molecule has 0 saturated heterocycles. The molecule has 0 fully saturated rings. The summed E-state index contributed by atoms with van der Waals surface area (Å²) in [5.41, 5.74) is 2.30. The van der Waals surface area contributed by atoms with E-state index < -0.39 is 5.97 Å². The molecule has 0 spiro atoms. The first-order chi connectivity index (χ1) is 15.6. The van der Waals surface area contributed by atoms with Gasteiger partial charge in [0.1, 0.15) is 5.75 Å². The van der Waals surface area contributed by atoms with Crippen LogP contribution >= 0.6 is 11.3 Å². The molecule has 0 aliphatic heterocycles. The fraction of sp³-hybridized carbons (Fsp3) is 0.0833. The van der Waals surface area contributed by atoms with E-state index in [1.165, 1.54) is 23.5 Å². The van der Waals surface area contributed by atoms with Crippen LogP contribution in [-0.4, -0.2) is 37.3 Å². The number of hydrazone groups is 1. The molecule has 1 amide bonds. The zero-order valence-electron chi connectivity index (χ0n) is 17.4. The summed E-state index contributed by atoms with van der Waals surface area (Å²) in [7, 11) is 2.91. The molecule has 160 valence electrons. The maximum absolute atomic E-state index is 13.4. The zero-order valence-corrected chi connectivity index (χ0v) is 18.2. The average molecular weight is 446 g/mol. The lowest BCUT2D eigenvalue weighted by Crippen LogP contribution is -2.25. The number of hydrogen-bond acceptors (Lipinski definition) is 7. The Morgan fingerprint density at radius 2 is 1.69 bits per heavy atom. The van der Waals surface area contributed by atoms with Crippen LogP contribution in [0.2, 0.25) is 0 Å². The molecule has 4 rings (SSSR count). The summed E-state index contributed by atoms with van der Waals surface area (Å²) in [5.74, 6) is -0.139. The van der Waals surface area contributed by atoms with Crippen molar-refractivity contribution >= 4 is 44.8 Å². The number of ether oxygens (including phenoxy) is 2. The summed E-state index contributed by atoms with van der Waals surface area (Å²) in [6.45, 7) is 0. The second-order valence-electron chi connectivity index (χ2n) is 6.67. The van der Waals surface area contributed by atoms with Crippen LogP contribution in [0.1, 0.15) is 26.3 Å². The minimum absolute atomic E-state index is 0.357. The molecule has 0 bridgehead atoms. The van der Waals surface area contributed by atoms with Gasteiger partial charge in [0.25, 0.3) is 5.91 Å². The zero-order chi connectivity index (χ0) is 22.5. The molecular formula is C24H19N3O4S. The van der Waals surface area contributed by atoms with E-state index in [2.05, 4.69) is 10.1 Å². The normalized spacial score (nSPS) is 10.9. The number of anilines is 1. The van der Waals surface area contributed by atoms with E-state index in [0.717, 1.165) is 15.8 Å². The van der Waals surface area contributed by atoms with Gasteiger partial charge >= 0.3 is 5.97 Å². The number of benzene rings is 3. The maximum atomic E-state index is 13.4. The third-order valence-electron chi connectivity index (χ3n) is 4.63. The molecule has 0 aliphatic rings. The van der Waals surface area contributed by atoms with Gasteiger partial charge in [0, 0.05) is 5.56 Å². The minimum atomic E-state index is -0.469. The molecule has 8 heteroatoms. The van der Waals surface area contributed by atoms with E-state index >= 15 is 0 Å². The van der Waals surface area contributed by atoms with Crippen LogP contribution in [0, 0.1) is 0 Å². The Bertz CT molecular complexity index is 1280. The van der Waals surface area contributed by atoms with E-state index in [9.17, 15) is 9.59 Å². The van der Waals surface area contributed by atoms with Crippen molar-refractivity contribution in [2.24, 2.45) is 5.10 Å². The van der Waals surface area contributed by atoms with Gasteiger partial charge in [-0.15, -0.1) is 0 Å². The van der Waals surface area contributed by atoms with Crippen LogP contribution in [0.3, 0.4) is 0 Å². The van der Waals surface area contributed by atoms with Gasteiger partial charge in [-0.05, 0) is 48.0 Å². The number of hydrogen-bond donors (Lipinski definition) is 0. The van der Waals surface area contributed by atoms with Crippen molar-refractivity contribution in [1.82, 2.24) is 4.98 Å². The molecule has 32 heavy (non-hydrogen) atoms. The molecule has 1 heterocycles. The van der Waals surface area contributed by atoms with Crippen LogP contribution in [0.15, 0.2) is 77.9 Å². The Balaban J connectivity index is 1.72. The molecule has 7 nitrogen and oxygen atoms in total. The average Bonchev–Trinajstić information content (AvgIpc) is 3.27. The van der Waals surface area contributed by atoms with Crippen molar-refractivity contribution in [2.75, 3.05) is 19.2 Å². The summed E-state index contributed by atoms with van der Waals surface area (Å²) in [6.07, 6.45) is 1.60. The highest BCUT2D eigenvalue weighted by Gasteiger charge is 2.21. The summed E-state index contributed by atoms with van der Waals surface area (Å²) in [4.78, 5) is 29.6. The summed E-state index contributed by atoms with van der Waals surface area (Å²) < 4.78 is 10.9. The molecule has 0 radical (unpaired) electrons. The fourth-order valence-corrected chi connectivity index (χ4v) is 3.90. The highest BCUT2D eigenvalue weighted by Crippen LogP contribution is 2.32. The van der Waals surface area contributed by atoms with Crippen LogP contribution in [0.5, 0.6) is 5.75 Å². The van der Waals surface area contributed by atoms with Gasteiger partial charge in [0.15, 0.2) is 0 Å². The van der Waals surface area contributed by atoms with E-state index in [1.807, 2.05) is 48.5 Å². The molecule has 0 aliphatic carbocycles. The lowest BCUT2D eigenvalue weighted by Gasteiger charge is -2.14. The van der Waals surface area contributed by atoms with Crippen LogP contribution in [0.25, 0.3) is 10.2 Å². The van der Waals surface area contributed by atoms with Crippen molar-refractivity contribution < 1.29 is 19.1 Å². The highest BCUT2D eigenvalue weighted by atomic mass is 32.1. The Morgan fingerprint density at radius 3 is 2.38 bits per heavy atom. The second-order valence-corrected chi connectivity index (χ2v) is 7.68. The van der Waals surface area contributed by atoms with Crippen LogP contribution < -0.4 is 9.75 Å². The number of carbonyl (C=O) groups is 2. The molecule has 0 atom stereocenters. The lowest BCUT2D eigenvalue weighted by molar-refractivity contribution is 0.0600. The SMILES string of the molecule is COC(=O)c1ccc(C(=O)N(/N=C/c2ccccc2)c2nc3ccc(OC)cc3s2)cc1. The summed E-state index contributed by atoms with van der Waals surface area (Å²) >= 11 is 1.33.